The van der Waals surface area contributed by atoms with Crippen LogP contribution in [0, 0.1) is 6.92 Å². The number of aryl methyl sites for hydroxylation is 1. The van der Waals surface area contributed by atoms with Crippen molar-refractivity contribution in [1.82, 2.24) is 19.7 Å². The molecule has 7 nitrogen and oxygen atoms in total. The zero-order valence-electron chi connectivity index (χ0n) is 16.9. The van der Waals surface area contributed by atoms with Crippen molar-refractivity contribution in [3.05, 3.63) is 65.2 Å². The number of hydrogen-bond acceptors (Lipinski definition) is 5. The molecule has 1 heterocycles. The molecule has 0 unspecified atom stereocenters. The van der Waals surface area contributed by atoms with Crippen molar-refractivity contribution in [1.29, 1.82) is 0 Å². The molecule has 0 aliphatic rings. The number of amides is 1. The Kier molecular flexibility index (Phi) is 6.51. The molecule has 152 valence electrons. The van der Waals surface area contributed by atoms with E-state index < -0.39 is 0 Å². The van der Waals surface area contributed by atoms with Gasteiger partial charge < -0.3 is 10.1 Å². The molecule has 0 fully saturated rings. The van der Waals surface area contributed by atoms with Gasteiger partial charge in [0.2, 0.25) is 5.91 Å². The number of carbonyl (C=O) groups excluding carboxylic acids is 1. The molecule has 0 aliphatic carbocycles. The molecule has 0 aliphatic heterocycles. The lowest BCUT2D eigenvalue weighted by molar-refractivity contribution is -0.117. The third-order valence-corrected chi connectivity index (χ3v) is 5.27. The Bertz CT molecular complexity index is 973. The highest BCUT2D eigenvalue weighted by Crippen LogP contribution is 2.31. The maximum atomic E-state index is 12.6. The van der Waals surface area contributed by atoms with Gasteiger partial charge in [0.25, 0.3) is 0 Å². The number of ether oxygens (including phenoxy) is 1. The van der Waals surface area contributed by atoms with Crippen molar-refractivity contribution >= 4 is 23.2 Å². The summed E-state index contributed by atoms with van der Waals surface area (Å²) in [6.07, 6.45) is 3.15. The van der Waals surface area contributed by atoms with Crippen molar-refractivity contribution in [2.24, 2.45) is 0 Å². The molecular formula is C21H24ClN5O2. The molecule has 2 aromatic carbocycles. The minimum atomic E-state index is -0.126. The number of aromatic nitrogens is 3. The summed E-state index contributed by atoms with van der Waals surface area (Å²) in [4.78, 5) is 18.5. The summed E-state index contributed by atoms with van der Waals surface area (Å²) in [6.45, 7) is 4.18. The van der Waals surface area contributed by atoms with Crippen LogP contribution in [0.3, 0.4) is 0 Å². The first-order valence-corrected chi connectivity index (χ1v) is 9.56. The number of halogens is 1. The Morgan fingerprint density at radius 2 is 2.03 bits per heavy atom. The summed E-state index contributed by atoms with van der Waals surface area (Å²) >= 11 is 6.13. The highest BCUT2D eigenvalue weighted by Gasteiger charge is 2.17. The van der Waals surface area contributed by atoms with Crippen LogP contribution in [-0.2, 0) is 4.79 Å². The van der Waals surface area contributed by atoms with Gasteiger partial charge in [-0.25, -0.2) is 9.67 Å². The molecule has 3 aromatic rings. The first-order valence-electron chi connectivity index (χ1n) is 9.18. The van der Waals surface area contributed by atoms with Crippen LogP contribution in [0.15, 0.2) is 49.1 Å². The summed E-state index contributed by atoms with van der Waals surface area (Å²) in [5, 5.41) is 7.63. The quantitative estimate of drug-likeness (QED) is 0.636. The van der Waals surface area contributed by atoms with Crippen molar-refractivity contribution in [2.45, 2.75) is 19.9 Å². The van der Waals surface area contributed by atoms with E-state index in [2.05, 4.69) is 22.3 Å². The number of hydrogen-bond donors (Lipinski definition) is 1. The number of nitrogens with one attached hydrogen (secondary N) is 1. The number of rotatable bonds is 7. The minimum absolute atomic E-state index is 0.0550. The summed E-state index contributed by atoms with van der Waals surface area (Å²) in [5.74, 6) is 0.409. The monoisotopic (exact) mass is 413 g/mol. The SMILES string of the molecule is COc1cc(Cl)c(C)cc1NC(=O)CN(C)[C@@H](C)c1ccc(-n2cncn2)cc1. The van der Waals surface area contributed by atoms with E-state index >= 15 is 0 Å². The van der Waals surface area contributed by atoms with Crippen LogP contribution < -0.4 is 10.1 Å². The Labute approximate surface area is 175 Å². The van der Waals surface area contributed by atoms with E-state index in [1.807, 2.05) is 49.2 Å². The van der Waals surface area contributed by atoms with E-state index in [4.69, 9.17) is 16.3 Å². The maximum Gasteiger partial charge on any atom is 0.238 e. The van der Waals surface area contributed by atoms with Crippen molar-refractivity contribution < 1.29 is 9.53 Å². The second-order valence-electron chi connectivity index (χ2n) is 6.87. The summed E-state index contributed by atoms with van der Waals surface area (Å²) in [6, 6.07) is 11.6. The third-order valence-electron chi connectivity index (χ3n) is 4.87. The molecule has 0 saturated carbocycles. The minimum Gasteiger partial charge on any atom is -0.495 e. The number of carbonyl (C=O) groups is 1. The van der Waals surface area contributed by atoms with Crippen molar-refractivity contribution in [3.63, 3.8) is 0 Å². The molecule has 29 heavy (non-hydrogen) atoms. The number of likely N-dealkylation sites (N-methyl/N-ethyl adjacent to an activating group) is 1. The lowest BCUT2D eigenvalue weighted by Crippen LogP contribution is -2.32. The van der Waals surface area contributed by atoms with Crippen molar-refractivity contribution in [3.8, 4) is 11.4 Å². The predicted molar refractivity (Wildman–Crippen MR) is 114 cm³/mol. The average Bonchev–Trinajstić information content (AvgIpc) is 3.25. The van der Waals surface area contributed by atoms with Crippen LogP contribution in [0.4, 0.5) is 5.69 Å². The Hall–Kier alpha value is -2.90. The lowest BCUT2D eigenvalue weighted by Gasteiger charge is -2.25. The molecule has 0 saturated heterocycles. The first-order chi connectivity index (χ1) is 13.9. The predicted octanol–water partition coefficient (Wildman–Crippen LogP) is 3.87. The smallest absolute Gasteiger partial charge is 0.238 e. The van der Waals surface area contributed by atoms with Gasteiger partial charge in [0.05, 0.1) is 25.0 Å². The zero-order valence-corrected chi connectivity index (χ0v) is 17.6. The van der Waals surface area contributed by atoms with E-state index in [-0.39, 0.29) is 18.5 Å². The maximum absolute atomic E-state index is 12.6. The number of anilines is 1. The molecule has 0 spiro atoms. The Balaban J connectivity index is 1.64. The van der Waals surface area contributed by atoms with Crippen LogP contribution in [0.5, 0.6) is 5.75 Å². The van der Waals surface area contributed by atoms with Gasteiger partial charge in [-0.15, -0.1) is 0 Å². The fraction of sp³-hybridized carbons (Fsp3) is 0.286. The number of benzene rings is 2. The summed E-state index contributed by atoms with van der Waals surface area (Å²) in [5.41, 5.74) is 3.52. The molecule has 8 heteroatoms. The van der Waals surface area contributed by atoms with Crippen LogP contribution in [-0.4, -0.2) is 46.3 Å². The zero-order chi connectivity index (χ0) is 21.0. The van der Waals surface area contributed by atoms with Crippen LogP contribution >= 0.6 is 11.6 Å². The molecule has 0 radical (unpaired) electrons. The van der Waals surface area contributed by atoms with Crippen molar-refractivity contribution in [2.75, 3.05) is 26.0 Å². The van der Waals surface area contributed by atoms with Gasteiger partial charge in [0.15, 0.2) is 0 Å². The highest BCUT2D eigenvalue weighted by molar-refractivity contribution is 6.31. The topological polar surface area (TPSA) is 72.3 Å². The fourth-order valence-corrected chi connectivity index (χ4v) is 3.14. The molecule has 1 N–H and O–H groups in total. The summed E-state index contributed by atoms with van der Waals surface area (Å²) in [7, 11) is 3.47. The standard InChI is InChI=1S/C21H24ClN5O2/c1-14-9-19(20(29-4)10-18(14)22)25-21(28)11-26(3)15(2)16-5-7-17(8-6-16)27-13-23-12-24-27/h5-10,12-13,15H,11H2,1-4H3,(H,25,28)/t15-/m0/s1. The van der Waals surface area contributed by atoms with Gasteiger partial charge >= 0.3 is 0 Å². The van der Waals surface area contributed by atoms with Crippen LogP contribution in [0.2, 0.25) is 5.02 Å². The van der Waals surface area contributed by atoms with Crippen LogP contribution in [0.25, 0.3) is 5.69 Å². The Morgan fingerprint density at radius 1 is 1.31 bits per heavy atom. The van der Waals surface area contributed by atoms with E-state index in [0.29, 0.717) is 16.5 Å². The first kappa shape index (κ1) is 20.8. The molecular weight excluding hydrogens is 390 g/mol. The molecule has 0 bridgehead atoms. The van der Waals surface area contributed by atoms with E-state index in [0.717, 1.165) is 16.8 Å². The van der Waals surface area contributed by atoms with E-state index in [1.54, 1.807) is 24.2 Å². The third kappa shape index (κ3) is 4.93. The second kappa shape index (κ2) is 9.07. The van der Waals surface area contributed by atoms with Gasteiger partial charge in [-0.1, -0.05) is 23.7 Å². The molecule has 3 rings (SSSR count). The largest absolute Gasteiger partial charge is 0.495 e. The molecule has 1 atom stereocenters. The number of nitrogens with zero attached hydrogens (tertiary/aromatic N) is 4. The van der Waals surface area contributed by atoms with Crippen LogP contribution in [0.1, 0.15) is 24.1 Å². The lowest BCUT2D eigenvalue weighted by atomic mass is 10.1. The van der Waals surface area contributed by atoms with E-state index in [1.165, 1.54) is 6.33 Å². The normalized spacial score (nSPS) is 12.1. The van der Waals surface area contributed by atoms with Gasteiger partial charge in [-0.3, -0.25) is 9.69 Å². The average molecular weight is 414 g/mol. The molecule has 1 aromatic heterocycles. The Morgan fingerprint density at radius 3 is 2.66 bits per heavy atom. The summed E-state index contributed by atoms with van der Waals surface area (Å²) < 4.78 is 7.02. The van der Waals surface area contributed by atoms with Gasteiger partial charge in [-0.05, 0) is 50.2 Å². The molecule has 1 amide bonds. The van der Waals surface area contributed by atoms with Gasteiger partial charge in [-0.2, -0.15) is 5.10 Å². The second-order valence-corrected chi connectivity index (χ2v) is 7.28. The number of methoxy groups -OCH3 is 1. The van der Waals surface area contributed by atoms with Gasteiger partial charge in [0, 0.05) is 17.1 Å². The van der Waals surface area contributed by atoms with E-state index in [9.17, 15) is 4.79 Å². The highest BCUT2D eigenvalue weighted by atomic mass is 35.5. The fourth-order valence-electron chi connectivity index (χ4n) is 2.98. The van der Waals surface area contributed by atoms with Gasteiger partial charge in [0.1, 0.15) is 18.4 Å².